The number of hydrogen-bond donors (Lipinski definition) is 1. The number of carbonyl (C=O) groups is 1. The van der Waals surface area contributed by atoms with Crippen LogP contribution in [0.15, 0.2) is 42.3 Å². The Labute approximate surface area is 118 Å². The van der Waals surface area contributed by atoms with E-state index in [0.717, 1.165) is 10.8 Å². The first-order valence-corrected chi connectivity index (χ1v) is 6.77. The number of pyridine rings is 1. The normalized spacial score (nSPS) is 18.6. The average molecular weight is 267 g/mol. The molecule has 0 fully saturated rings. The van der Waals surface area contributed by atoms with Crippen molar-refractivity contribution in [3.63, 3.8) is 0 Å². The summed E-state index contributed by atoms with van der Waals surface area (Å²) in [6.07, 6.45) is 2.64. The molecule has 1 N–H and O–H groups in total. The van der Waals surface area contributed by atoms with Crippen molar-refractivity contribution in [2.45, 2.75) is 26.7 Å². The number of fused-ring (bicyclic) bond motifs is 1. The molecule has 0 spiro atoms. The van der Waals surface area contributed by atoms with Gasteiger partial charge >= 0.3 is 0 Å². The van der Waals surface area contributed by atoms with Crippen LogP contribution in [0.5, 0.6) is 0 Å². The van der Waals surface area contributed by atoms with Gasteiger partial charge in [0.1, 0.15) is 5.76 Å². The van der Waals surface area contributed by atoms with E-state index in [9.17, 15) is 9.90 Å². The van der Waals surface area contributed by atoms with Crippen LogP contribution in [-0.2, 0) is 4.79 Å². The monoisotopic (exact) mass is 267 g/mol. The third-order valence-corrected chi connectivity index (χ3v) is 3.76. The largest absolute Gasteiger partial charge is 0.511 e. The van der Waals surface area contributed by atoms with Gasteiger partial charge in [0.25, 0.3) is 0 Å². The Bertz CT molecular complexity index is 723. The molecule has 0 saturated carbocycles. The molecule has 1 aromatic carbocycles. The van der Waals surface area contributed by atoms with Gasteiger partial charge in [-0.3, -0.25) is 9.78 Å². The smallest absolute Gasteiger partial charge is 0.168 e. The highest BCUT2D eigenvalue weighted by Crippen LogP contribution is 2.40. The third-order valence-electron chi connectivity index (χ3n) is 3.76. The van der Waals surface area contributed by atoms with E-state index in [1.807, 2.05) is 44.2 Å². The fourth-order valence-corrected chi connectivity index (χ4v) is 2.88. The van der Waals surface area contributed by atoms with Crippen LogP contribution in [0.4, 0.5) is 0 Å². The summed E-state index contributed by atoms with van der Waals surface area (Å²) in [7, 11) is 0. The van der Waals surface area contributed by atoms with E-state index in [2.05, 4.69) is 4.98 Å². The summed E-state index contributed by atoms with van der Waals surface area (Å²) < 4.78 is 0. The van der Waals surface area contributed by atoms with Crippen molar-refractivity contribution >= 4 is 22.1 Å². The summed E-state index contributed by atoms with van der Waals surface area (Å²) in [4.78, 5) is 16.7. The molecule has 0 bridgehead atoms. The second-order valence-electron chi connectivity index (χ2n) is 6.14. The Morgan fingerprint density at radius 1 is 1.15 bits per heavy atom. The lowest BCUT2D eigenvalue weighted by Crippen LogP contribution is -2.25. The number of Topliss-reactive ketones (excluding diaryl/α,β-unsaturated/α-hetero) is 1. The van der Waals surface area contributed by atoms with Crippen molar-refractivity contribution < 1.29 is 9.90 Å². The molecule has 3 rings (SSSR count). The average Bonchev–Trinajstić information content (AvgIpc) is 2.36. The first-order chi connectivity index (χ1) is 9.48. The molecule has 0 saturated heterocycles. The summed E-state index contributed by atoms with van der Waals surface area (Å²) in [5, 5.41) is 12.2. The van der Waals surface area contributed by atoms with E-state index in [1.165, 1.54) is 0 Å². The highest BCUT2D eigenvalue weighted by molar-refractivity contribution is 6.24. The zero-order valence-corrected chi connectivity index (χ0v) is 11.7. The number of aromatic nitrogens is 1. The van der Waals surface area contributed by atoms with Crippen LogP contribution in [-0.4, -0.2) is 15.9 Å². The molecule has 1 heterocycles. The highest BCUT2D eigenvalue weighted by atomic mass is 16.3. The Morgan fingerprint density at radius 3 is 2.65 bits per heavy atom. The van der Waals surface area contributed by atoms with E-state index in [0.29, 0.717) is 24.1 Å². The Balaban J connectivity index is 2.23. The molecule has 3 heteroatoms. The summed E-state index contributed by atoms with van der Waals surface area (Å²) in [5.74, 6) is 0.137. The molecule has 0 aliphatic heterocycles. The zero-order chi connectivity index (χ0) is 14.3. The van der Waals surface area contributed by atoms with Gasteiger partial charge in [-0.2, -0.15) is 0 Å². The van der Waals surface area contributed by atoms with Crippen LogP contribution in [0, 0.1) is 5.41 Å². The molecule has 0 radical (unpaired) electrons. The minimum absolute atomic E-state index is 0.0254. The first-order valence-electron chi connectivity index (χ1n) is 6.77. The van der Waals surface area contributed by atoms with Gasteiger partial charge in [-0.1, -0.05) is 38.1 Å². The molecule has 1 aliphatic rings. The van der Waals surface area contributed by atoms with Crippen LogP contribution in [0.25, 0.3) is 16.3 Å². The molecular formula is C17H17NO2. The molecular weight excluding hydrogens is 250 g/mol. The Kier molecular flexibility index (Phi) is 2.85. The van der Waals surface area contributed by atoms with Crippen molar-refractivity contribution in [1.82, 2.24) is 4.98 Å². The van der Waals surface area contributed by atoms with Crippen LogP contribution in [0.1, 0.15) is 32.4 Å². The molecule has 3 nitrogen and oxygen atoms in total. The molecule has 102 valence electrons. The predicted octanol–water partition coefficient (Wildman–Crippen LogP) is 3.89. The molecule has 20 heavy (non-hydrogen) atoms. The number of ketones is 1. The predicted molar refractivity (Wildman–Crippen MR) is 79.3 cm³/mol. The summed E-state index contributed by atoms with van der Waals surface area (Å²) >= 11 is 0. The molecule has 0 unspecified atom stereocenters. The van der Waals surface area contributed by atoms with Crippen molar-refractivity contribution in [3.05, 3.63) is 48.0 Å². The lowest BCUT2D eigenvalue weighted by atomic mass is 9.75. The topological polar surface area (TPSA) is 50.2 Å². The number of aliphatic hydroxyl groups excluding tert-OH is 1. The summed E-state index contributed by atoms with van der Waals surface area (Å²) in [6.45, 7) is 3.99. The number of aliphatic hydroxyl groups is 1. The zero-order valence-electron chi connectivity index (χ0n) is 11.7. The number of hydrogen-bond acceptors (Lipinski definition) is 3. The van der Waals surface area contributed by atoms with Gasteiger partial charge in [-0.05, 0) is 16.9 Å². The van der Waals surface area contributed by atoms with Gasteiger partial charge in [0.2, 0.25) is 0 Å². The van der Waals surface area contributed by atoms with Crippen LogP contribution in [0.2, 0.25) is 0 Å². The van der Waals surface area contributed by atoms with Crippen LogP contribution in [0.3, 0.4) is 0 Å². The standard InChI is InChI=1S/C17H17NO2/c1-17(2)9-13(19)15(14(20)10-17)16-12-6-4-3-5-11(12)7-8-18-16/h3-8,19H,9-10H2,1-2H3. The maximum Gasteiger partial charge on any atom is 0.168 e. The maximum atomic E-state index is 12.4. The first kappa shape index (κ1) is 12.9. The fraction of sp³-hybridized carbons (Fsp3) is 0.294. The number of carbonyl (C=O) groups excluding carboxylic acids is 1. The Morgan fingerprint density at radius 2 is 1.90 bits per heavy atom. The van der Waals surface area contributed by atoms with Gasteiger partial charge in [0, 0.05) is 24.4 Å². The molecule has 2 aromatic rings. The molecule has 1 aliphatic carbocycles. The quantitative estimate of drug-likeness (QED) is 0.852. The Hall–Kier alpha value is -2.16. The van der Waals surface area contributed by atoms with Gasteiger partial charge in [0.15, 0.2) is 5.78 Å². The number of rotatable bonds is 1. The van der Waals surface area contributed by atoms with Gasteiger partial charge < -0.3 is 5.11 Å². The SMILES string of the molecule is CC1(C)CC(=O)C(c2nccc3ccccc23)=C(O)C1. The van der Waals surface area contributed by atoms with Gasteiger partial charge in [-0.25, -0.2) is 0 Å². The third kappa shape index (κ3) is 2.09. The lowest BCUT2D eigenvalue weighted by Gasteiger charge is -2.29. The van der Waals surface area contributed by atoms with E-state index in [1.54, 1.807) is 6.20 Å². The fourth-order valence-electron chi connectivity index (χ4n) is 2.88. The molecule has 1 aromatic heterocycles. The summed E-state index contributed by atoms with van der Waals surface area (Å²) in [5.41, 5.74) is 0.803. The number of benzene rings is 1. The van der Waals surface area contributed by atoms with Crippen molar-refractivity contribution in [3.8, 4) is 0 Å². The highest BCUT2D eigenvalue weighted by Gasteiger charge is 2.34. The van der Waals surface area contributed by atoms with Gasteiger partial charge in [-0.15, -0.1) is 0 Å². The van der Waals surface area contributed by atoms with E-state index < -0.39 is 0 Å². The van der Waals surface area contributed by atoms with Crippen molar-refractivity contribution in [1.29, 1.82) is 0 Å². The van der Waals surface area contributed by atoms with E-state index >= 15 is 0 Å². The van der Waals surface area contributed by atoms with Crippen molar-refractivity contribution in [2.24, 2.45) is 5.41 Å². The molecule has 0 amide bonds. The minimum Gasteiger partial charge on any atom is -0.511 e. The second-order valence-corrected chi connectivity index (χ2v) is 6.14. The molecule has 0 atom stereocenters. The minimum atomic E-state index is -0.185. The van der Waals surface area contributed by atoms with Crippen LogP contribution >= 0.6 is 0 Å². The van der Waals surface area contributed by atoms with Crippen LogP contribution < -0.4 is 0 Å². The second kappa shape index (κ2) is 4.44. The number of allylic oxidation sites excluding steroid dienone is 2. The lowest BCUT2D eigenvalue weighted by molar-refractivity contribution is -0.116. The van der Waals surface area contributed by atoms with E-state index in [-0.39, 0.29) is 17.0 Å². The maximum absolute atomic E-state index is 12.4. The van der Waals surface area contributed by atoms with Gasteiger partial charge in [0.05, 0.1) is 11.3 Å². The number of nitrogens with zero attached hydrogens (tertiary/aromatic N) is 1. The van der Waals surface area contributed by atoms with E-state index in [4.69, 9.17) is 0 Å². The summed E-state index contributed by atoms with van der Waals surface area (Å²) in [6, 6.07) is 9.70. The van der Waals surface area contributed by atoms with Crippen molar-refractivity contribution in [2.75, 3.05) is 0 Å².